The van der Waals surface area contributed by atoms with Crippen LogP contribution in [0.3, 0.4) is 0 Å². The molecule has 162 valence electrons. The Morgan fingerprint density at radius 2 is 1.19 bits per heavy atom. The van der Waals surface area contributed by atoms with E-state index in [0.717, 1.165) is 31.4 Å². The maximum Gasteiger partial charge on any atom is 0.121 e. The van der Waals surface area contributed by atoms with Crippen molar-refractivity contribution in [1.82, 2.24) is 9.55 Å². The van der Waals surface area contributed by atoms with Gasteiger partial charge in [-0.25, -0.2) is 4.98 Å². The summed E-state index contributed by atoms with van der Waals surface area (Å²) in [5.74, 6) is 0.907. The van der Waals surface area contributed by atoms with Crippen LogP contribution in [0.2, 0.25) is 0 Å². The molecule has 1 heterocycles. The van der Waals surface area contributed by atoms with Crippen LogP contribution in [0.5, 0.6) is 0 Å². The minimum absolute atomic E-state index is 0.306. The summed E-state index contributed by atoms with van der Waals surface area (Å²) in [4.78, 5) is 4.93. The lowest BCUT2D eigenvalue weighted by Gasteiger charge is -2.37. The van der Waals surface area contributed by atoms with Crippen LogP contribution < -0.4 is 0 Å². The summed E-state index contributed by atoms with van der Waals surface area (Å²) in [5, 5.41) is 9.52. The van der Waals surface area contributed by atoms with E-state index < -0.39 is 5.54 Å². The highest BCUT2D eigenvalue weighted by Crippen LogP contribution is 2.42. The number of rotatable bonds is 6. The van der Waals surface area contributed by atoms with E-state index in [1.54, 1.807) is 0 Å². The Balaban J connectivity index is 1.67. The first-order valence-corrected chi connectivity index (χ1v) is 11.6. The second-order valence-corrected chi connectivity index (χ2v) is 8.91. The molecule has 0 aliphatic heterocycles. The Morgan fingerprint density at radius 1 is 0.719 bits per heavy atom. The van der Waals surface area contributed by atoms with Gasteiger partial charge in [-0.05, 0) is 48.3 Å². The van der Waals surface area contributed by atoms with Crippen molar-refractivity contribution in [2.45, 2.75) is 37.1 Å². The van der Waals surface area contributed by atoms with E-state index in [9.17, 15) is 5.11 Å². The van der Waals surface area contributed by atoms with Gasteiger partial charge in [0, 0.05) is 18.7 Å². The third-order valence-electron chi connectivity index (χ3n) is 7.09. The number of hydrogen-bond donors (Lipinski definition) is 1. The number of aromatic nitrogens is 2. The average molecular weight is 423 g/mol. The predicted octanol–water partition coefficient (Wildman–Crippen LogP) is 5.99. The molecule has 0 atom stereocenters. The van der Waals surface area contributed by atoms with E-state index in [-0.39, 0.29) is 0 Å². The number of nitrogens with zero attached hydrogens (tertiary/aromatic N) is 2. The first-order valence-electron chi connectivity index (χ1n) is 11.6. The number of hydrogen-bond acceptors (Lipinski definition) is 2. The fraction of sp³-hybridized carbons (Fsp3) is 0.276. The molecule has 1 saturated carbocycles. The summed E-state index contributed by atoms with van der Waals surface area (Å²) in [6, 6.07) is 32.2. The van der Waals surface area contributed by atoms with Gasteiger partial charge in [0.15, 0.2) is 0 Å². The summed E-state index contributed by atoms with van der Waals surface area (Å²) in [5.41, 5.74) is 4.30. The van der Waals surface area contributed by atoms with Gasteiger partial charge in [-0.15, -0.1) is 0 Å². The van der Waals surface area contributed by atoms with Gasteiger partial charge in [0.25, 0.3) is 0 Å². The molecule has 3 heteroatoms. The van der Waals surface area contributed by atoms with Gasteiger partial charge in [0.05, 0.1) is 12.0 Å². The van der Waals surface area contributed by atoms with Crippen LogP contribution in [0, 0.1) is 5.92 Å². The predicted molar refractivity (Wildman–Crippen MR) is 129 cm³/mol. The molecule has 32 heavy (non-hydrogen) atoms. The highest BCUT2D eigenvalue weighted by atomic mass is 16.3. The molecule has 0 bridgehead atoms. The monoisotopic (exact) mass is 422 g/mol. The van der Waals surface area contributed by atoms with E-state index in [4.69, 9.17) is 4.98 Å². The standard InChI is InChI=1S/C29H30N2O/c32-21-23-16-18-24(19-17-23)28-20-31(22-30-28)29(25-10-4-1-5-11-25,26-12-6-2-7-13-26)27-14-8-3-9-15-27/h1-15,20,22-24,32H,16-19,21H2. The summed E-state index contributed by atoms with van der Waals surface area (Å²) in [7, 11) is 0. The van der Waals surface area contributed by atoms with Crippen molar-refractivity contribution in [3.8, 4) is 0 Å². The van der Waals surface area contributed by atoms with Gasteiger partial charge in [-0.1, -0.05) is 91.0 Å². The van der Waals surface area contributed by atoms with Crippen LogP contribution in [0.25, 0.3) is 0 Å². The van der Waals surface area contributed by atoms with E-state index in [1.165, 1.54) is 16.7 Å². The Bertz CT molecular complexity index is 1020. The first kappa shape index (κ1) is 20.7. The first-order chi connectivity index (χ1) is 15.8. The fourth-order valence-electron chi connectivity index (χ4n) is 5.36. The number of aliphatic hydroxyl groups excluding tert-OH is 1. The largest absolute Gasteiger partial charge is 0.396 e. The molecule has 3 aromatic carbocycles. The van der Waals surface area contributed by atoms with Crippen LogP contribution in [0.1, 0.15) is 54.0 Å². The van der Waals surface area contributed by atoms with Gasteiger partial charge < -0.3 is 9.67 Å². The molecule has 4 aromatic rings. The van der Waals surface area contributed by atoms with Crippen molar-refractivity contribution in [2.75, 3.05) is 6.61 Å². The van der Waals surface area contributed by atoms with Crippen molar-refractivity contribution in [3.63, 3.8) is 0 Å². The third-order valence-corrected chi connectivity index (χ3v) is 7.09. The smallest absolute Gasteiger partial charge is 0.121 e. The lowest BCUT2D eigenvalue weighted by Crippen LogP contribution is -2.37. The van der Waals surface area contributed by atoms with Crippen molar-refractivity contribution in [2.24, 2.45) is 5.92 Å². The molecule has 1 aliphatic carbocycles. The van der Waals surface area contributed by atoms with E-state index in [2.05, 4.69) is 102 Å². The normalized spacial score (nSPS) is 19.0. The van der Waals surface area contributed by atoms with E-state index in [0.29, 0.717) is 18.4 Å². The second kappa shape index (κ2) is 9.13. The van der Waals surface area contributed by atoms with E-state index >= 15 is 0 Å². The minimum atomic E-state index is -0.503. The van der Waals surface area contributed by atoms with Crippen LogP contribution in [0.4, 0.5) is 0 Å². The van der Waals surface area contributed by atoms with Crippen LogP contribution in [0.15, 0.2) is 104 Å². The minimum Gasteiger partial charge on any atom is -0.396 e. The average Bonchev–Trinajstić information content (AvgIpc) is 3.37. The summed E-state index contributed by atoms with van der Waals surface area (Å²) in [6.45, 7) is 0.306. The van der Waals surface area contributed by atoms with Gasteiger partial charge in [-0.3, -0.25) is 0 Å². The molecule has 1 aromatic heterocycles. The van der Waals surface area contributed by atoms with E-state index in [1.807, 2.05) is 6.33 Å². The lowest BCUT2D eigenvalue weighted by atomic mass is 9.76. The highest BCUT2D eigenvalue weighted by molar-refractivity contribution is 5.50. The van der Waals surface area contributed by atoms with Gasteiger partial charge >= 0.3 is 0 Å². The van der Waals surface area contributed by atoms with Crippen LogP contribution >= 0.6 is 0 Å². The highest BCUT2D eigenvalue weighted by Gasteiger charge is 2.38. The zero-order valence-electron chi connectivity index (χ0n) is 18.3. The molecule has 0 unspecified atom stereocenters. The maximum atomic E-state index is 9.52. The molecule has 1 fully saturated rings. The quantitative estimate of drug-likeness (QED) is 0.388. The summed E-state index contributed by atoms with van der Waals surface area (Å²) >= 11 is 0. The molecule has 0 spiro atoms. The van der Waals surface area contributed by atoms with Crippen LogP contribution in [-0.2, 0) is 5.54 Å². The zero-order valence-corrected chi connectivity index (χ0v) is 18.3. The number of benzene rings is 3. The molecule has 3 nitrogen and oxygen atoms in total. The molecular formula is C29H30N2O. The zero-order chi connectivity index (χ0) is 21.8. The van der Waals surface area contributed by atoms with Gasteiger partial charge in [0.2, 0.25) is 0 Å². The molecular weight excluding hydrogens is 392 g/mol. The number of aliphatic hydroxyl groups is 1. The Hall–Kier alpha value is -3.17. The van der Waals surface area contributed by atoms with Gasteiger partial charge in [-0.2, -0.15) is 0 Å². The van der Waals surface area contributed by atoms with Crippen LogP contribution in [-0.4, -0.2) is 21.3 Å². The summed E-state index contributed by atoms with van der Waals surface area (Å²) < 4.78 is 2.31. The molecule has 0 amide bonds. The molecule has 5 rings (SSSR count). The van der Waals surface area contributed by atoms with Crippen molar-refractivity contribution in [3.05, 3.63) is 126 Å². The van der Waals surface area contributed by atoms with Gasteiger partial charge in [0.1, 0.15) is 5.54 Å². The third kappa shape index (κ3) is 3.67. The molecule has 1 aliphatic rings. The molecule has 1 N–H and O–H groups in total. The van der Waals surface area contributed by atoms with Crippen molar-refractivity contribution in [1.29, 1.82) is 0 Å². The molecule has 0 radical (unpaired) electrons. The Labute approximate surface area is 190 Å². The number of imidazole rings is 1. The summed E-state index contributed by atoms with van der Waals surface area (Å²) in [6.07, 6.45) is 8.62. The maximum absolute atomic E-state index is 9.52. The van der Waals surface area contributed by atoms with Crippen molar-refractivity contribution >= 4 is 0 Å². The Kier molecular flexibility index (Phi) is 5.91. The second-order valence-electron chi connectivity index (χ2n) is 8.91. The topological polar surface area (TPSA) is 38.0 Å². The Morgan fingerprint density at radius 3 is 1.62 bits per heavy atom. The fourth-order valence-corrected chi connectivity index (χ4v) is 5.36. The lowest BCUT2D eigenvalue weighted by molar-refractivity contribution is 0.182. The SMILES string of the molecule is OCC1CCC(c2cn(C(c3ccccc3)(c3ccccc3)c3ccccc3)cn2)CC1. The van der Waals surface area contributed by atoms with Crippen molar-refractivity contribution < 1.29 is 5.11 Å². The molecule has 0 saturated heterocycles.